The van der Waals surface area contributed by atoms with Gasteiger partial charge in [0.25, 0.3) is 0 Å². The summed E-state index contributed by atoms with van der Waals surface area (Å²) in [6.07, 6.45) is 0. The molecule has 9 heavy (non-hydrogen) atoms. The molecule has 0 N–H and O–H groups in total. The van der Waals surface area contributed by atoms with E-state index in [9.17, 15) is 0 Å². The Morgan fingerprint density at radius 3 is 1.56 bits per heavy atom. The highest BCUT2D eigenvalue weighted by Crippen LogP contribution is 2.40. The molecule has 0 fully saturated rings. The van der Waals surface area contributed by atoms with Crippen LogP contribution in [0.3, 0.4) is 0 Å². The van der Waals surface area contributed by atoms with E-state index in [4.69, 9.17) is 34.8 Å². The molecular formula is C6H10Cl3. The van der Waals surface area contributed by atoms with E-state index in [0.29, 0.717) is 5.92 Å². The molecule has 0 saturated heterocycles. The van der Waals surface area contributed by atoms with Crippen LogP contribution in [0.25, 0.3) is 0 Å². The Balaban J connectivity index is 3.88. The Kier molecular flexibility index (Phi) is 3.64. The summed E-state index contributed by atoms with van der Waals surface area (Å²) in [4.78, 5) is 0. The van der Waals surface area contributed by atoms with Crippen molar-refractivity contribution in [2.24, 2.45) is 5.92 Å². The molecule has 0 spiro atoms. The third-order valence-electron chi connectivity index (χ3n) is 1.31. The molecular weight excluding hydrogens is 178 g/mol. The molecule has 0 aromatic heterocycles. The zero-order valence-corrected chi connectivity index (χ0v) is 7.98. The molecule has 0 aliphatic heterocycles. The van der Waals surface area contributed by atoms with Gasteiger partial charge in [-0.2, -0.15) is 0 Å². The minimum Gasteiger partial charge on any atom is -0.0830 e. The third-order valence-corrected chi connectivity index (χ3v) is 2.21. The quantitative estimate of drug-likeness (QED) is 0.552. The second-order valence-electron chi connectivity index (χ2n) is 2.34. The van der Waals surface area contributed by atoms with Crippen molar-refractivity contribution in [3.8, 4) is 0 Å². The predicted octanol–water partition coefficient (Wildman–Crippen LogP) is 3.61. The van der Waals surface area contributed by atoms with Gasteiger partial charge >= 0.3 is 0 Å². The molecule has 0 nitrogen and oxygen atoms in total. The Bertz CT molecular complexity index is 82.8. The van der Waals surface area contributed by atoms with Gasteiger partial charge in [-0.1, -0.05) is 55.6 Å². The fourth-order valence-electron chi connectivity index (χ4n) is 0.327. The zero-order chi connectivity index (χ0) is 7.65. The van der Waals surface area contributed by atoms with E-state index in [2.05, 4.69) is 0 Å². The first-order valence-corrected chi connectivity index (χ1v) is 3.89. The first-order chi connectivity index (χ1) is 3.85. The van der Waals surface area contributed by atoms with Gasteiger partial charge in [-0.05, 0) is 5.92 Å². The van der Waals surface area contributed by atoms with Crippen LogP contribution in [0.1, 0.15) is 20.8 Å². The van der Waals surface area contributed by atoms with Gasteiger partial charge < -0.3 is 0 Å². The highest BCUT2D eigenvalue weighted by Gasteiger charge is 2.31. The fourth-order valence-corrected chi connectivity index (χ4v) is 0.982. The minimum atomic E-state index is -1.19. The van der Waals surface area contributed by atoms with Crippen LogP contribution in [0.15, 0.2) is 0 Å². The molecule has 0 aliphatic rings. The van der Waals surface area contributed by atoms with Gasteiger partial charge in [0.1, 0.15) is 0 Å². The second kappa shape index (κ2) is 3.32. The van der Waals surface area contributed by atoms with Crippen LogP contribution in [0.2, 0.25) is 0 Å². The molecule has 0 atom stereocenters. The standard InChI is InChI=1S/C6H10Cl3/c1-4(2)5(3)6(7,8)9/h4H,1-3H3. The smallest absolute Gasteiger partial charge is 0.0830 e. The Labute approximate surface area is 71.5 Å². The number of alkyl halides is 3. The molecule has 55 valence electrons. The molecule has 0 bridgehead atoms. The lowest BCUT2D eigenvalue weighted by atomic mass is 10.0. The van der Waals surface area contributed by atoms with Crippen LogP contribution in [0.5, 0.6) is 0 Å². The molecule has 0 aromatic carbocycles. The topological polar surface area (TPSA) is 0 Å². The van der Waals surface area contributed by atoms with Gasteiger partial charge in [0.15, 0.2) is 3.79 Å². The molecule has 0 aliphatic carbocycles. The summed E-state index contributed by atoms with van der Waals surface area (Å²) in [6, 6.07) is 0. The third kappa shape index (κ3) is 3.54. The molecule has 0 saturated carbocycles. The van der Waals surface area contributed by atoms with Crippen molar-refractivity contribution in [1.29, 1.82) is 0 Å². The average molecular weight is 189 g/mol. The fraction of sp³-hybridized carbons (Fsp3) is 0.833. The summed E-state index contributed by atoms with van der Waals surface area (Å²) >= 11 is 16.7. The van der Waals surface area contributed by atoms with Crippen molar-refractivity contribution < 1.29 is 0 Å². The number of hydrogen-bond acceptors (Lipinski definition) is 0. The van der Waals surface area contributed by atoms with E-state index in [1.807, 2.05) is 20.8 Å². The highest BCUT2D eigenvalue weighted by molar-refractivity contribution is 6.69. The average Bonchev–Trinajstić information content (AvgIpc) is 1.62. The van der Waals surface area contributed by atoms with Crippen LogP contribution in [0, 0.1) is 11.8 Å². The second-order valence-corrected chi connectivity index (χ2v) is 4.62. The van der Waals surface area contributed by atoms with Crippen molar-refractivity contribution in [2.75, 3.05) is 0 Å². The first kappa shape index (κ1) is 9.87. The van der Waals surface area contributed by atoms with Gasteiger partial charge in [0.05, 0.1) is 0 Å². The molecule has 3 heteroatoms. The maximum absolute atomic E-state index is 5.57. The van der Waals surface area contributed by atoms with Crippen molar-refractivity contribution in [2.45, 2.75) is 24.6 Å². The summed E-state index contributed by atoms with van der Waals surface area (Å²) in [5, 5.41) is 0. The van der Waals surface area contributed by atoms with Gasteiger partial charge in [0, 0.05) is 5.92 Å². The summed E-state index contributed by atoms with van der Waals surface area (Å²) in [5.74, 6) is 1.21. The highest BCUT2D eigenvalue weighted by atomic mass is 35.6. The number of rotatable bonds is 1. The number of halogens is 3. The molecule has 0 rings (SSSR count). The first-order valence-electron chi connectivity index (χ1n) is 2.76. The lowest BCUT2D eigenvalue weighted by Gasteiger charge is -2.22. The van der Waals surface area contributed by atoms with Crippen molar-refractivity contribution >= 4 is 34.8 Å². The summed E-state index contributed by atoms with van der Waals surface area (Å²) in [7, 11) is 0. The van der Waals surface area contributed by atoms with E-state index in [0.717, 1.165) is 5.92 Å². The maximum atomic E-state index is 5.57. The SMILES string of the molecule is C[C](C(C)C)C(Cl)(Cl)Cl. The Hall–Kier alpha value is 0.870. The van der Waals surface area contributed by atoms with E-state index in [1.165, 1.54) is 0 Å². The van der Waals surface area contributed by atoms with Crippen LogP contribution in [-0.4, -0.2) is 3.79 Å². The monoisotopic (exact) mass is 187 g/mol. The van der Waals surface area contributed by atoms with Crippen LogP contribution >= 0.6 is 34.8 Å². The maximum Gasteiger partial charge on any atom is 0.196 e. The van der Waals surface area contributed by atoms with Gasteiger partial charge in [0.2, 0.25) is 0 Å². The van der Waals surface area contributed by atoms with Gasteiger partial charge in [-0.15, -0.1) is 0 Å². The van der Waals surface area contributed by atoms with Crippen LogP contribution in [0.4, 0.5) is 0 Å². The van der Waals surface area contributed by atoms with Crippen LogP contribution in [-0.2, 0) is 0 Å². The van der Waals surface area contributed by atoms with Crippen molar-refractivity contribution in [3.05, 3.63) is 5.92 Å². The largest absolute Gasteiger partial charge is 0.196 e. The lowest BCUT2D eigenvalue weighted by Crippen LogP contribution is -2.18. The lowest BCUT2D eigenvalue weighted by molar-refractivity contribution is 0.644. The predicted molar refractivity (Wildman–Crippen MR) is 44.0 cm³/mol. The molecule has 1 radical (unpaired) electrons. The van der Waals surface area contributed by atoms with Crippen molar-refractivity contribution in [3.63, 3.8) is 0 Å². The zero-order valence-electron chi connectivity index (χ0n) is 5.71. The van der Waals surface area contributed by atoms with E-state index in [-0.39, 0.29) is 0 Å². The molecule has 0 amide bonds. The molecule has 0 unspecified atom stereocenters. The Morgan fingerprint density at radius 1 is 1.22 bits per heavy atom. The molecule has 0 aromatic rings. The van der Waals surface area contributed by atoms with E-state index < -0.39 is 3.79 Å². The van der Waals surface area contributed by atoms with Gasteiger partial charge in [-0.25, -0.2) is 0 Å². The normalized spacial score (nSPS) is 13.3. The van der Waals surface area contributed by atoms with E-state index in [1.54, 1.807) is 0 Å². The minimum absolute atomic E-state index is 0.331. The van der Waals surface area contributed by atoms with Crippen molar-refractivity contribution in [1.82, 2.24) is 0 Å². The van der Waals surface area contributed by atoms with Gasteiger partial charge in [-0.3, -0.25) is 0 Å². The molecule has 0 heterocycles. The number of hydrogen-bond donors (Lipinski definition) is 0. The summed E-state index contributed by atoms with van der Waals surface area (Å²) in [6.45, 7) is 5.84. The van der Waals surface area contributed by atoms with E-state index >= 15 is 0 Å². The summed E-state index contributed by atoms with van der Waals surface area (Å²) < 4.78 is -1.19. The summed E-state index contributed by atoms with van der Waals surface area (Å²) in [5.41, 5.74) is 0. The van der Waals surface area contributed by atoms with Crippen LogP contribution < -0.4 is 0 Å². The Morgan fingerprint density at radius 2 is 1.56 bits per heavy atom.